The number of carbonyl (C=O) groups excluding carboxylic acids is 1. The molecular weight excluding hydrogens is 244 g/mol. The van der Waals surface area contributed by atoms with Gasteiger partial charge in [-0.3, -0.25) is 0 Å². The Labute approximate surface area is 114 Å². The second-order valence-electron chi connectivity index (χ2n) is 4.50. The molecule has 0 aromatic heterocycles. The zero-order valence-corrected chi connectivity index (χ0v) is 11.7. The number of nitrogens with one attached hydrogen (secondary N) is 1. The molecule has 0 aliphatic carbocycles. The van der Waals surface area contributed by atoms with Crippen molar-refractivity contribution in [2.75, 3.05) is 31.3 Å². The molecule has 5 nitrogen and oxygen atoms in total. The second-order valence-corrected chi connectivity index (χ2v) is 4.50. The number of carbonyl (C=O) groups is 1. The molecule has 0 aliphatic heterocycles. The maximum atomic E-state index is 11.6. The summed E-state index contributed by atoms with van der Waals surface area (Å²) in [5, 5.41) is 3.19. The smallest absolute Gasteiger partial charge is 0.340 e. The van der Waals surface area contributed by atoms with Gasteiger partial charge in [0.2, 0.25) is 0 Å². The van der Waals surface area contributed by atoms with E-state index in [2.05, 4.69) is 5.32 Å². The van der Waals surface area contributed by atoms with E-state index in [1.807, 2.05) is 13.8 Å². The summed E-state index contributed by atoms with van der Waals surface area (Å²) in [7, 11) is 1.35. The second kappa shape index (κ2) is 7.63. The van der Waals surface area contributed by atoms with E-state index in [1.165, 1.54) is 7.11 Å². The molecule has 106 valence electrons. The fraction of sp³-hybridized carbons (Fsp3) is 0.500. The van der Waals surface area contributed by atoms with Crippen molar-refractivity contribution in [3.8, 4) is 0 Å². The van der Waals surface area contributed by atoms with Crippen LogP contribution in [0, 0.1) is 0 Å². The minimum absolute atomic E-state index is 0.238. The highest BCUT2D eigenvalue weighted by Crippen LogP contribution is 2.19. The maximum absolute atomic E-state index is 11.6. The first-order chi connectivity index (χ1) is 9.04. The first kappa shape index (κ1) is 15.3. The molecule has 0 saturated heterocycles. The average Bonchev–Trinajstić information content (AvgIpc) is 2.38. The van der Waals surface area contributed by atoms with E-state index in [0.717, 1.165) is 18.7 Å². The molecule has 0 spiro atoms. The summed E-state index contributed by atoms with van der Waals surface area (Å²) in [4.78, 5) is 11.6. The van der Waals surface area contributed by atoms with Gasteiger partial charge in [-0.1, -0.05) is 0 Å². The summed E-state index contributed by atoms with van der Waals surface area (Å²) in [5.41, 5.74) is 7.39. The van der Waals surface area contributed by atoms with E-state index in [0.29, 0.717) is 17.9 Å². The predicted molar refractivity (Wildman–Crippen MR) is 76.4 cm³/mol. The summed E-state index contributed by atoms with van der Waals surface area (Å²) in [6.45, 7) is 5.42. The number of hydrogen-bond donors (Lipinski definition) is 2. The first-order valence-electron chi connectivity index (χ1n) is 6.38. The van der Waals surface area contributed by atoms with Crippen molar-refractivity contribution >= 4 is 17.3 Å². The molecule has 5 heteroatoms. The van der Waals surface area contributed by atoms with Gasteiger partial charge in [-0.2, -0.15) is 0 Å². The standard InChI is InChI=1S/C14H22N2O3/c1-10(2)19-8-4-7-16-13-6-5-11(15)9-12(13)14(17)18-3/h5-6,9-10,16H,4,7-8,15H2,1-3H3. The van der Waals surface area contributed by atoms with Crippen molar-refractivity contribution in [1.82, 2.24) is 0 Å². The van der Waals surface area contributed by atoms with Gasteiger partial charge >= 0.3 is 5.97 Å². The molecule has 0 atom stereocenters. The number of ether oxygens (including phenoxy) is 2. The summed E-state index contributed by atoms with van der Waals surface area (Å²) in [5.74, 6) is -0.395. The minimum Gasteiger partial charge on any atom is -0.465 e. The summed E-state index contributed by atoms with van der Waals surface area (Å²) < 4.78 is 10.2. The van der Waals surface area contributed by atoms with Crippen LogP contribution < -0.4 is 11.1 Å². The number of esters is 1. The number of nitrogen functional groups attached to an aromatic ring is 1. The Morgan fingerprint density at radius 1 is 1.42 bits per heavy atom. The Bertz CT molecular complexity index is 419. The van der Waals surface area contributed by atoms with Gasteiger partial charge in [0, 0.05) is 24.5 Å². The Hall–Kier alpha value is -1.75. The van der Waals surface area contributed by atoms with E-state index in [1.54, 1.807) is 18.2 Å². The lowest BCUT2D eigenvalue weighted by atomic mass is 10.1. The van der Waals surface area contributed by atoms with Crippen molar-refractivity contribution in [1.29, 1.82) is 0 Å². The molecule has 0 bridgehead atoms. The highest BCUT2D eigenvalue weighted by Gasteiger charge is 2.11. The van der Waals surface area contributed by atoms with Gasteiger partial charge in [-0.25, -0.2) is 4.79 Å². The zero-order valence-electron chi connectivity index (χ0n) is 11.7. The van der Waals surface area contributed by atoms with Crippen LogP contribution in [0.5, 0.6) is 0 Å². The lowest BCUT2D eigenvalue weighted by molar-refractivity contribution is 0.0602. The van der Waals surface area contributed by atoms with Crippen LogP contribution in [0.15, 0.2) is 18.2 Å². The Balaban J connectivity index is 2.55. The number of nitrogens with two attached hydrogens (primary N) is 1. The van der Waals surface area contributed by atoms with Gasteiger partial charge in [0.25, 0.3) is 0 Å². The predicted octanol–water partition coefficient (Wildman–Crippen LogP) is 2.28. The molecule has 1 aromatic rings. The van der Waals surface area contributed by atoms with Gasteiger partial charge < -0.3 is 20.5 Å². The van der Waals surface area contributed by atoms with Crippen LogP contribution in [0.3, 0.4) is 0 Å². The lowest BCUT2D eigenvalue weighted by Crippen LogP contribution is -2.12. The number of hydrogen-bond acceptors (Lipinski definition) is 5. The summed E-state index contributed by atoms with van der Waals surface area (Å²) in [6, 6.07) is 5.14. The highest BCUT2D eigenvalue weighted by molar-refractivity contribution is 5.96. The molecule has 1 aromatic carbocycles. The van der Waals surface area contributed by atoms with E-state index in [-0.39, 0.29) is 6.10 Å². The normalized spacial score (nSPS) is 10.5. The Morgan fingerprint density at radius 3 is 2.79 bits per heavy atom. The molecule has 0 amide bonds. The van der Waals surface area contributed by atoms with Crippen LogP contribution >= 0.6 is 0 Å². The molecule has 0 saturated carbocycles. The van der Waals surface area contributed by atoms with Crippen molar-refractivity contribution in [2.45, 2.75) is 26.4 Å². The molecule has 1 rings (SSSR count). The summed E-state index contributed by atoms with van der Waals surface area (Å²) in [6.07, 6.45) is 1.10. The van der Waals surface area contributed by atoms with Gasteiger partial charge in [0.05, 0.1) is 18.8 Å². The van der Waals surface area contributed by atoms with Crippen LogP contribution in [0.25, 0.3) is 0 Å². The number of rotatable bonds is 7. The molecule has 3 N–H and O–H groups in total. The van der Waals surface area contributed by atoms with Crippen LogP contribution in [0.4, 0.5) is 11.4 Å². The monoisotopic (exact) mass is 266 g/mol. The summed E-state index contributed by atoms with van der Waals surface area (Å²) >= 11 is 0. The van der Waals surface area contributed by atoms with Crippen molar-refractivity contribution in [2.24, 2.45) is 0 Å². The van der Waals surface area contributed by atoms with Crippen LogP contribution in [0.1, 0.15) is 30.6 Å². The highest BCUT2D eigenvalue weighted by atomic mass is 16.5. The molecule has 0 aliphatic rings. The average molecular weight is 266 g/mol. The van der Waals surface area contributed by atoms with E-state index < -0.39 is 5.97 Å². The Morgan fingerprint density at radius 2 is 2.16 bits per heavy atom. The van der Waals surface area contributed by atoms with Gasteiger partial charge in [-0.15, -0.1) is 0 Å². The lowest BCUT2D eigenvalue weighted by Gasteiger charge is -2.12. The third-order valence-electron chi connectivity index (χ3n) is 2.54. The SMILES string of the molecule is COC(=O)c1cc(N)ccc1NCCCOC(C)C. The van der Waals surface area contributed by atoms with Gasteiger partial charge in [0.15, 0.2) is 0 Å². The molecule has 19 heavy (non-hydrogen) atoms. The molecule has 0 radical (unpaired) electrons. The van der Waals surface area contributed by atoms with Crippen LogP contribution in [-0.2, 0) is 9.47 Å². The van der Waals surface area contributed by atoms with Gasteiger partial charge in [0.1, 0.15) is 0 Å². The van der Waals surface area contributed by atoms with Crippen molar-refractivity contribution in [3.05, 3.63) is 23.8 Å². The van der Waals surface area contributed by atoms with Crippen molar-refractivity contribution in [3.63, 3.8) is 0 Å². The minimum atomic E-state index is -0.395. The van der Waals surface area contributed by atoms with E-state index >= 15 is 0 Å². The molecule has 0 unspecified atom stereocenters. The first-order valence-corrected chi connectivity index (χ1v) is 6.38. The largest absolute Gasteiger partial charge is 0.465 e. The fourth-order valence-corrected chi connectivity index (χ4v) is 1.61. The third-order valence-corrected chi connectivity index (χ3v) is 2.54. The van der Waals surface area contributed by atoms with Crippen molar-refractivity contribution < 1.29 is 14.3 Å². The molecular formula is C14H22N2O3. The van der Waals surface area contributed by atoms with Crippen LogP contribution in [0.2, 0.25) is 0 Å². The number of methoxy groups -OCH3 is 1. The van der Waals surface area contributed by atoms with Crippen LogP contribution in [-0.4, -0.2) is 32.3 Å². The molecule has 0 heterocycles. The Kier molecular flexibility index (Phi) is 6.15. The topological polar surface area (TPSA) is 73.6 Å². The fourth-order valence-electron chi connectivity index (χ4n) is 1.61. The number of benzene rings is 1. The molecule has 0 fully saturated rings. The number of anilines is 2. The zero-order chi connectivity index (χ0) is 14.3. The van der Waals surface area contributed by atoms with E-state index in [4.69, 9.17) is 15.2 Å². The quantitative estimate of drug-likeness (QED) is 0.450. The van der Waals surface area contributed by atoms with Gasteiger partial charge in [-0.05, 0) is 38.5 Å². The maximum Gasteiger partial charge on any atom is 0.340 e. The third kappa shape index (κ3) is 5.18. The van der Waals surface area contributed by atoms with E-state index in [9.17, 15) is 4.79 Å².